The molecule has 0 unspecified atom stereocenters. The van der Waals surface area contributed by atoms with Gasteiger partial charge in [-0.25, -0.2) is 13.1 Å². The Labute approximate surface area is 147 Å². The summed E-state index contributed by atoms with van der Waals surface area (Å²) >= 11 is 0. The number of benzene rings is 2. The minimum Gasteiger partial charge on any atom is -0.396 e. The highest BCUT2D eigenvalue weighted by Crippen LogP contribution is 2.11. The van der Waals surface area contributed by atoms with Crippen LogP contribution in [0.15, 0.2) is 59.5 Å². The van der Waals surface area contributed by atoms with Crippen molar-refractivity contribution in [3.8, 4) is 0 Å². The summed E-state index contributed by atoms with van der Waals surface area (Å²) in [6, 6.07) is 15.4. The van der Waals surface area contributed by atoms with Gasteiger partial charge in [0.15, 0.2) is 0 Å². The summed E-state index contributed by atoms with van der Waals surface area (Å²) in [5.74, 6) is -0.393. The molecule has 2 rings (SSSR count). The highest BCUT2D eigenvalue weighted by Gasteiger charge is 2.14. The molecule has 0 aliphatic heterocycles. The van der Waals surface area contributed by atoms with Crippen molar-refractivity contribution in [1.82, 2.24) is 10.0 Å². The lowest BCUT2D eigenvalue weighted by molar-refractivity contribution is 0.0940. The van der Waals surface area contributed by atoms with E-state index in [0.29, 0.717) is 18.5 Å². The third-order valence-corrected chi connectivity index (χ3v) is 5.30. The molecule has 25 heavy (non-hydrogen) atoms. The highest BCUT2D eigenvalue weighted by atomic mass is 32.2. The molecule has 0 bridgehead atoms. The Morgan fingerprint density at radius 2 is 1.72 bits per heavy atom. The second-order valence-electron chi connectivity index (χ2n) is 5.68. The van der Waals surface area contributed by atoms with E-state index in [0.717, 1.165) is 5.56 Å². The molecule has 7 heteroatoms. The molecule has 1 amide bonds. The first kappa shape index (κ1) is 19.1. The van der Waals surface area contributed by atoms with Gasteiger partial charge in [0.2, 0.25) is 10.0 Å². The molecule has 0 aliphatic carbocycles. The van der Waals surface area contributed by atoms with Gasteiger partial charge in [-0.05, 0) is 43.3 Å². The molecule has 0 saturated heterocycles. The molecule has 0 aliphatic rings. The van der Waals surface area contributed by atoms with Crippen LogP contribution >= 0.6 is 0 Å². The number of rotatable bonds is 8. The van der Waals surface area contributed by atoms with Crippen molar-refractivity contribution in [1.29, 1.82) is 0 Å². The van der Waals surface area contributed by atoms with Gasteiger partial charge in [0, 0.05) is 24.6 Å². The van der Waals surface area contributed by atoms with E-state index in [-0.39, 0.29) is 23.3 Å². The summed E-state index contributed by atoms with van der Waals surface area (Å²) in [7, 11) is -2.19. The molecule has 3 N–H and O–H groups in total. The molecule has 0 radical (unpaired) electrons. The van der Waals surface area contributed by atoms with E-state index in [2.05, 4.69) is 10.0 Å². The second kappa shape index (κ2) is 8.75. The average Bonchev–Trinajstić information content (AvgIpc) is 2.65. The van der Waals surface area contributed by atoms with Crippen LogP contribution in [0.3, 0.4) is 0 Å². The van der Waals surface area contributed by atoms with E-state index in [4.69, 9.17) is 0 Å². The Kier molecular flexibility index (Phi) is 6.69. The van der Waals surface area contributed by atoms with Crippen LogP contribution in [0.2, 0.25) is 0 Å². The van der Waals surface area contributed by atoms with Gasteiger partial charge >= 0.3 is 0 Å². The van der Waals surface area contributed by atoms with E-state index < -0.39 is 10.0 Å². The van der Waals surface area contributed by atoms with Gasteiger partial charge in [-0.3, -0.25) is 4.79 Å². The standard InChI is InChI=1S/C18H22N2O4S/c1-19-25(23,24)17-9-7-16(8-10-17)18(22)20-12-15(13-21)11-14-5-3-2-4-6-14/h2-10,15,19,21H,11-13H2,1H3,(H,20,22)/t15-/m0/s1. The summed E-state index contributed by atoms with van der Waals surface area (Å²) in [5.41, 5.74) is 1.46. The topological polar surface area (TPSA) is 95.5 Å². The molecule has 0 heterocycles. The molecule has 0 spiro atoms. The van der Waals surface area contributed by atoms with Crippen LogP contribution < -0.4 is 10.0 Å². The Morgan fingerprint density at radius 3 is 2.28 bits per heavy atom. The minimum atomic E-state index is -3.52. The number of aliphatic hydroxyl groups excluding tert-OH is 1. The van der Waals surface area contributed by atoms with Crippen LogP contribution in [-0.2, 0) is 16.4 Å². The number of aliphatic hydroxyl groups is 1. The fourth-order valence-corrected chi connectivity index (χ4v) is 3.12. The van der Waals surface area contributed by atoms with Gasteiger partial charge < -0.3 is 10.4 Å². The molecular formula is C18H22N2O4S. The first-order chi connectivity index (χ1) is 12.0. The lowest BCUT2D eigenvalue weighted by Gasteiger charge is -2.15. The fourth-order valence-electron chi connectivity index (χ4n) is 2.39. The summed E-state index contributed by atoms with van der Waals surface area (Å²) in [4.78, 5) is 12.3. The maximum absolute atomic E-state index is 12.2. The highest BCUT2D eigenvalue weighted by molar-refractivity contribution is 7.89. The van der Waals surface area contributed by atoms with Crippen molar-refractivity contribution in [3.05, 3.63) is 65.7 Å². The number of carbonyl (C=O) groups excluding carboxylic acids is 1. The quantitative estimate of drug-likeness (QED) is 0.657. The van der Waals surface area contributed by atoms with Crippen molar-refractivity contribution < 1.29 is 18.3 Å². The molecule has 0 aromatic heterocycles. The van der Waals surface area contributed by atoms with E-state index in [1.54, 1.807) is 0 Å². The van der Waals surface area contributed by atoms with Crippen LogP contribution in [0.4, 0.5) is 0 Å². The Balaban J connectivity index is 1.94. The fraction of sp³-hybridized carbons (Fsp3) is 0.278. The van der Waals surface area contributed by atoms with Crippen molar-refractivity contribution in [3.63, 3.8) is 0 Å². The normalized spacial score (nSPS) is 12.6. The minimum absolute atomic E-state index is 0.0332. The lowest BCUT2D eigenvalue weighted by atomic mass is 10.00. The van der Waals surface area contributed by atoms with Gasteiger partial charge in [0.1, 0.15) is 0 Å². The van der Waals surface area contributed by atoms with Gasteiger partial charge in [-0.15, -0.1) is 0 Å². The number of carbonyl (C=O) groups is 1. The second-order valence-corrected chi connectivity index (χ2v) is 7.57. The van der Waals surface area contributed by atoms with Crippen molar-refractivity contribution in [2.45, 2.75) is 11.3 Å². The third kappa shape index (κ3) is 5.38. The maximum Gasteiger partial charge on any atom is 0.251 e. The summed E-state index contributed by atoms with van der Waals surface area (Å²) < 4.78 is 25.6. The average molecular weight is 362 g/mol. The van der Waals surface area contributed by atoms with E-state index >= 15 is 0 Å². The van der Waals surface area contributed by atoms with Crippen molar-refractivity contribution in [2.75, 3.05) is 20.2 Å². The van der Waals surface area contributed by atoms with E-state index in [1.807, 2.05) is 30.3 Å². The number of hydrogen-bond acceptors (Lipinski definition) is 4. The molecule has 134 valence electrons. The van der Waals surface area contributed by atoms with E-state index in [9.17, 15) is 18.3 Å². The molecule has 2 aromatic rings. The molecule has 1 atom stereocenters. The summed E-state index contributed by atoms with van der Waals surface area (Å²) in [6.45, 7) is 0.301. The smallest absolute Gasteiger partial charge is 0.251 e. The molecule has 2 aromatic carbocycles. The van der Waals surface area contributed by atoms with Crippen LogP contribution in [0, 0.1) is 5.92 Å². The summed E-state index contributed by atoms with van der Waals surface area (Å²) in [5, 5.41) is 12.3. The summed E-state index contributed by atoms with van der Waals surface area (Å²) in [6.07, 6.45) is 0.664. The van der Waals surface area contributed by atoms with Crippen molar-refractivity contribution in [2.24, 2.45) is 5.92 Å². The number of nitrogens with one attached hydrogen (secondary N) is 2. The van der Waals surface area contributed by atoms with Crippen LogP contribution in [0.25, 0.3) is 0 Å². The van der Waals surface area contributed by atoms with Gasteiger partial charge in [-0.2, -0.15) is 0 Å². The number of amides is 1. The van der Waals surface area contributed by atoms with Crippen LogP contribution in [0.5, 0.6) is 0 Å². The monoisotopic (exact) mass is 362 g/mol. The Morgan fingerprint density at radius 1 is 1.08 bits per heavy atom. The van der Waals surface area contributed by atoms with Crippen LogP contribution in [-0.4, -0.2) is 39.6 Å². The zero-order valence-electron chi connectivity index (χ0n) is 14.0. The maximum atomic E-state index is 12.2. The predicted molar refractivity (Wildman–Crippen MR) is 95.7 cm³/mol. The Bertz CT molecular complexity index is 790. The zero-order chi connectivity index (χ0) is 18.3. The lowest BCUT2D eigenvalue weighted by Crippen LogP contribution is -2.31. The zero-order valence-corrected chi connectivity index (χ0v) is 14.8. The van der Waals surface area contributed by atoms with Gasteiger partial charge in [-0.1, -0.05) is 30.3 Å². The molecule has 6 nitrogen and oxygen atoms in total. The van der Waals surface area contributed by atoms with Gasteiger partial charge in [0.25, 0.3) is 5.91 Å². The first-order valence-electron chi connectivity index (χ1n) is 7.93. The molecule has 0 saturated carbocycles. The van der Waals surface area contributed by atoms with Crippen molar-refractivity contribution >= 4 is 15.9 Å². The SMILES string of the molecule is CNS(=O)(=O)c1ccc(C(=O)NC[C@@H](CO)Cc2ccccc2)cc1. The van der Waals surface area contributed by atoms with E-state index in [1.165, 1.54) is 31.3 Å². The first-order valence-corrected chi connectivity index (χ1v) is 9.41. The van der Waals surface area contributed by atoms with Crippen LogP contribution in [0.1, 0.15) is 15.9 Å². The Hall–Kier alpha value is -2.22. The number of sulfonamides is 1. The number of hydrogen-bond donors (Lipinski definition) is 3. The third-order valence-electron chi connectivity index (χ3n) is 3.87. The predicted octanol–water partition coefficient (Wildman–Crippen LogP) is 1.18. The molecular weight excluding hydrogens is 340 g/mol. The largest absolute Gasteiger partial charge is 0.396 e. The molecule has 0 fully saturated rings. The van der Waals surface area contributed by atoms with Gasteiger partial charge in [0.05, 0.1) is 4.90 Å².